The van der Waals surface area contributed by atoms with E-state index < -0.39 is 29.8 Å². The number of benzene rings is 2. The summed E-state index contributed by atoms with van der Waals surface area (Å²) in [5, 5.41) is 32.6. The highest BCUT2D eigenvalue weighted by atomic mass is 19.1. The minimum atomic E-state index is -1.27. The first kappa shape index (κ1) is 27.3. The van der Waals surface area contributed by atoms with Gasteiger partial charge in [0.2, 0.25) is 0 Å². The van der Waals surface area contributed by atoms with E-state index in [1.165, 1.54) is 17.7 Å². The summed E-state index contributed by atoms with van der Waals surface area (Å²) in [5.41, 5.74) is 1.66. The summed E-state index contributed by atoms with van der Waals surface area (Å²) in [7, 11) is 1.34. The SMILES string of the molecule is CC(C)c1cc(-c2n[nH]c(=O)n2-c2ccc3c(ccn3CCOC(=O)NC3C(F)=CNC(=O)N3C)c2)c(O)cc1O. The second-order valence-electron chi connectivity index (χ2n) is 9.80. The van der Waals surface area contributed by atoms with Gasteiger partial charge in [-0.3, -0.25) is 5.32 Å². The van der Waals surface area contributed by atoms with Gasteiger partial charge in [0.15, 0.2) is 17.8 Å². The van der Waals surface area contributed by atoms with E-state index in [1.54, 1.807) is 30.5 Å². The van der Waals surface area contributed by atoms with Crippen LogP contribution in [0.1, 0.15) is 25.3 Å². The number of aromatic nitrogens is 4. The van der Waals surface area contributed by atoms with Gasteiger partial charge in [0.25, 0.3) is 0 Å². The van der Waals surface area contributed by atoms with Gasteiger partial charge in [-0.05, 0) is 41.8 Å². The molecule has 14 heteroatoms. The topological polar surface area (TPSA) is 167 Å². The molecule has 0 radical (unpaired) electrons. The lowest BCUT2D eigenvalue weighted by Crippen LogP contribution is -2.54. The average Bonchev–Trinajstić information content (AvgIpc) is 3.51. The van der Waals surface area contributed by atoms with Crippen LogP contribution in [0.3, 0.4) is 0 Å². The fourth-order valence-electron chi connectivity index (χ4n) is 4.64. The molecular weight excluding hydrogens is 537 g/mol. The van der Waals surface area contributed by atoms with Gasteiger partial charge in [-0.2, -0.15) is 5.10 Å². The maximum Gasteiger partial charge on any atom is 0.409 e. The van der Waals surface area contributed by atoms with Crippen LogP contribution in [0, 0.1) is 0 Å². The van der Waals surface area contributed by atoms with Crippen molar-refractivity contribution in [1.29, 1.82) is 0 Å². The minimum absolute atomic E-state index is 0.0328. The Bertz CT molecular complexity index is 1740. The van der Waals surface area contributed by atoms with Crippen molar-refractivity contribution in [3.63, 3.8) is 0 Å². The molecule has 0 bridgehead atoms. The van der Waals surface area contributed by atoms with Gasteiger partial charge in [0.05, 0.1) is 17.8 Å². The molecule has 2 aromatic carbocycles. The Kier molecular flexibility index (Phi) is 7.13. The molecule has 0 spiro atoms. The van der Waals surface area contributed by atoms with Crippen LogP contribution in [-0.2, 0) is 11.3 Å². The van der Waals surface area contributed by atoms with Gasteiger partial charge in [-0.15, -0.1) is 0 Å². The number of alkyl carbamates (subject to hydrolysis) is 1. The molecule has 3 heterocycles. The summed E-state index contributed by atoms with van der Waals surface area (Å²) in [5.74, 6) is -0.863. The van der Waals surface area contributed by atoms with E-state index in [4.69, 9.17) is 4.74 Å². The highest BCUT2D eigenvalue weighted by Gasteiger charge is 2.29. The third-order valence-electron chi connectivity index (χ3n) is 6.82. The maximum atomic E-state index is 14.0. The van der Waals surface area contributed by atoms with Crippen molar-refractivity contribution in [3.8, 4) is 28.6 Å². The molecule has 0 saturated carbocycles. The number of halogens is 1. The first-order chi connectivity index (χ1) is 19.5. The van der Waals surface area contributed by atoms with Crippen molar-refractivity contribution >= 4 is 23.0 Å². The van der Waals surface area contributed by atoms with Gasteiger partial charge in [-0.25, -0.2) is 28.4 Å². The minimum Gasteiger partial charge on any atom is -0.508 e. The van der Waals surface area contributed by atoms with E-state index in [0.29, 0.717) is 11.3 Å². The molecule has 0 saturated heterocycles. The molecule has 41 heavy (non-hydrogen) atoms. The number of aromatic amines is 1. The van der Waals surface area contributed by atoms with Crippen molar-refractivity contribution < 1.29 is 28.9 Å². The summed E-state index contributed by atoms with van der Waals surface area (Å²) < 4.78 is 22.4. The standard InChI is InChI=1S/C27H28FN7O6/c1-14(2)17-11-18(22(37)12-21(17)36)23-31-32-26(39)35(23)16-4-5-20-15(10-16)6-7-34(20)8-9-41-27(40)30-24-19(28)13-29-25(38)33(24)3/h4-7,10-14,24,36-37H,8-9H2,1-3H3,(H,29,38)(H,30,40)(H,32,39). The number of amides is 3. The largest absolute Gasteiger partial charge is 0.508 e. The van der Waals surface area contributed by atoms with Crippen molar-refractivity contribution in [3.05, 3.63) is 70.7 Å². The first-order valence-electron chi connectivity index (χ1n) is 12.7. The smallest absolute Gasteiger partial charge is 0.409 e. The summed E-state index contributed by atoms with van der Waals surface area (Å²) in [4.78, 5) is 37.6. The Morgan fingerprint density at radius 1 is 1.17 bits per heavy atom. The normalized spacial score (nSPS) is 15.2. The zero-order chi connectivity index (χ0) is 29.4. The molecule has 1 atom stereocenters. The fraction of sp³-hybridized carbons (Fsp3) is 0.259. The first-order valence-corrected chi connectivity index (χ1v) is 12.7. The predicted molar refractivity (Wildman–Crippen MR) is 146 cm³/mol. The number of urea groups is 1. The van der Waals surface area contributed by atoms with E-state index in [2.05, 4.69) is 20.8 Å². The number of H-pyrrole nitrogens is 1. The summed E-state index contributed by atoms with van der Waals surface area (Å²) >= 11 is 0. The van der Waals surface area contributed by atoms with Crippen LogP contribution in [-0.4, -0.2) is 66.4 Å². The number of carbonyl (C=O) groups is 2. The lowest BCUT2D eigenvalue weighted by atomic mass is 9.98. The number of nitrogens with zero attached hydrogens (tertiary/aromatic N) is 4. The number of fused-ring (bicyclic) bond motifs is 1. The fourth-order valence-corrected chi connectivity index (χ4v) is 4.64. The zero-order valence-electron chi connectivity index (χ0n) is 22.4. The third kappa shape index (κ3) is 5.18. The van der Waals surface area contributed by atoms with Gasteiger partial charge in [0.1, 0.15) is 18.1 Å². The van der Waals surface area contributed by atoms with Crippen LogP contribution < -0.4 is 16.3 Å². The molecule has 4 aromatic rings. The number of aromatic hydroxyl groups is 2. The quantitative estimate of drug-likeness (QED) is 0.229. The van der Waals surface area contributed by atoms with Crippen molar-refractivity contribution in [2.75, 3.05) is 13.7 Å². The van der Waals surface area contributed by atoms with E-state index in [-0.39, 0.29) is 42.0 Å². The molecule has 5 N–H and O–H groups in total. The highest BCUT2D eigenvalue weighted by molar-refractivity contribution is 5.83. The molecule has 1 unspecified atom stereocenters. The molecular formula is C27H28FN7O6. The lowest BCUT2D eigenvalue weighted by molar-refractivity contribution is 0.123. The Balaban J connectivity index is 1.33. The van der Waals surface area contributed by atoms with Gasteiger partial charge in [0, 0.05) is 36.4 Å². The highest BCUT2D eigenvalue weighted by Crippen LogP contribution is 2.37. The van der Waals surface area contributed by atoms with Crippen LogP contribution in [0.25, 0.3) is 28.0 Å². The lowest BCUT2D eigenvalue weighted by Gasteiger charge is -2.30. The molecule has 0 fully saturated rings. The molecule has 13 nitrogen and oxygen atoms in total. The van der Waals surface area contributed by atoms with E-state index in [0.717, 1.165) is 22.0 Å². The van der Waals surface area contributed by atoms with Crippen molar-refractivity contribution in [2.24, 2.45) is 0 Å². The maximum absolute atomic E-state index is 14.0. The molecule has 0 aliphatic carbocycles. The number of nitrogens with one attached hydrogen (secondary N) is 3. The predicted octanol–water partition coefficient (Wildman–Crippen LogP) is 3.24. The monoisotopic (exact) mass is 565 g/mol. The Morgan fingerprint density at radius 3 is 2.71 bits per heavy atom. The van der Waals surface area contributed by atoms with Crippen LogP contribution in [0.15, 0.2) is 59.4 Å². The molecule has 214 valence electrons. The summed E-state index contributed by atoms with van der Waals surface area (Å²) in [6.45, 7) is 4.05. The van der Waals surface area contributed by atoms with Gasteiger partial charge >= 0.3 is 17.8 Å². The van der Waals surface area contributed by atoms with Crippen molar-refractivity contribution in [1.82, 2.24) is 34.9 Å². The van der Waals surface area contributed by atoms with Crippen LogP contribution in [0.5, 0.6) is 11.5 Å². The van der Waals surface area contributed by atoms with E-state index >= 15 is 0 Å². The molecule has 3 amide bonds. The number of hydrogen-bond acceptors (Lipinski definition) is 7. The molecule has 1 aliphatic heterocycles. The second kappa shape index (κ2) is 10.7. The second-order valence-corrected chi connectivity index (χ2v) is 9.80. The van der Waals surface area contributed by atoms with Crippen LogP contribution in [0.2, 0.25) is 0 Å². The number of rotatable bonds is 7. The van der Waals surface area contributed by atoms with Crippen molar-refractivity contribution in [2.45, 2.75) is 32.5 Å². The molecule has 1 aliphatic rings. The summed E-state index contributed by atoms with van der Waals surface area (Å²) in [6.07, 6.45) is 0.518. The Hall–Kier alpha value is -5.27. The number of phenolic OH excluding ortho intramolecular Hbond substituents is 2. The number of likely N-dealkylation sites (N-methyl/N-ethyl adjacent to an activating group) is 1. The number of phenols is 2. The third-order valence-corrected chi connectivity index (χ3v) is 6.82. The molecule has 5 rings (SSSR count). The van der Waals surface area contributed by atoms with Crippen LogP contribution >= 0.6 is 0 Å². The van der Waals surface area contributed by atoms with E-state index in [9.17, 15) is 29.0 Å². The zero-order valence-corrected chi connectivity index (χ0v) is 22.4. The number of ether oxygens (including phenoxy) is 1. The number of carbonyl (C=O) groups excluding carboxylic acids is 2. The van der Waals surface area contributed by atoms with Gasteiger partial charge < -0.3 is 29.7 Å². The Morgan fingerprint density at radius 2 is 1.95 bits per heavy atom. The summed E-state index contributed by atoms with van der Waals surface area (Å²) in [6, 6.07) is 9.38. The van der Waals surface area contributed by atoms with Gasteiger partial charge in [-0.1, -0.05) is 13.8 Å². The molecule has 2 aromatic heterocycles. The van der Waals surface area contributed by atoms with E-state index in [1.807, 2.05) is 24.5 Å². The average molecular weight is 566 g/mol. The number of hydrogen-bond donors (Lipinski definition) is 5. The Labute approximate surface area is 232 Å². The van der Waals surface area contributed by atoms with Crippen LogP contribution in [0.4, 0.5) is 14.0 Å².